The van der Waals surface area contributed by atoms with Gasteiger partial charge in [0.2, 0.25) is 0 Å². The van der Waals surface area contributed by atoms with Crippen LogP contribution >= 0.6 is 11.6 Å². The van der Waals surface area contributed by atoms with Gasteiger partial charge in [0.1, 0.15) is 0 Å². The number of halogens is 1. The Morgan fingerprint density at radius 1 is 1.60 bits per heavy atom. The highest BCUT2D eigenvalue weighted by Crippen LogP contribution is 2.23. The van der Waals surface area contributed by atoms with E-state index in [-0.39, 0.29) is 6.04 Å². The van der Waals surface area contributed by atoms with Crippen molar-refractivity contribution in [1.82, 2.24) is 0 Å². The Morgan fingerprint density at radius 3 is 2.80 bits per heavy atom. The zero-order valence-electron chi connectivity index (χ0n) is 8.46. The van der Waals surface area contributed by atoms with Gasteiger partial charge in [0.15, 0.2) is 0 Å². The molecule has 0 bridgehead atoms. The Bertz CT molecular complexity index is 366. The van der Waals surface area contributed by atoms with E-state index in [1.807, 2.05) is 6.92 Å². The van der Waals surface area contributed by atoms with Gasteiger partial charge in [0.05, 0.1) is 10.6 Å². The number of anilines is 1. The van der Waals surface area contributed by atoms with Crippen LogP contribution in [0, 0.1) is 0 Å². The molecule has 0 saturated heterocycles. The summed E-state index contributed by atoms with van der Waals surface area (Å²) < 4.78 is 0. The summed E-state index contributed by atoms with van der Waals surface area (Å²) in [6, 6.07) is 5.11. The van der Waals surface area contributed by atoms with Crippen LogP contribution in [0.5, 0.6) is 0 Å². The van der Waals surface area contributed by atoms with Gasteiger partial charge in [0, 0.05) is 18.3 Å². The molecule has 1 amide bonds. The van der Waals surface area contributed by atoms with Crippen LogP contribution in [0.2, 0.25) is 5.02 Å². The molecule has 4 nitrogen and oxygen atoms in total. The molecule has 15 heavy (non-hydrogen) atoms. The lowest BCUT2D eigenvalue weighted by Gasteiger charge is -2.12. The van der Waals surface area contributed by atoms with E-state index in [4.69, 9.17) is 23.1 Å². The van der Waals surface area contributed by atoms with Crippen LogP contribution in [0.15, 0.2) is 18.2 Å². The van der Waals surface area contributed by atoms with Crippen LogP contribution < -0.4 is 16.8 Å². The van der Waals surface area contributed by atoms with Crippen molar-refractivity contribution < 1.29 is 4.79 Å². The minimum absolute atomic E-state index is 0.00953. The second-order valence-electron chi connectivity index (χ2n) is 3.38. The lowest BCUT2D eigenvalue weighted by atomic mass is 10.1. The van der Waals surface area contributed by atoms with Crippen LogP contribution in [-0.2, 0) is 0 Å². The van der Waals surface area contributed by atoms with Crippen LogP contribution in [0.25, 0.3) is 0 Å². The summed E-state index contributed by atoms with van der Waals surface area (Å²) in [4.78, 5) is 11.2. The third-order valence-corrected chi connectivity index (χ3v) is 2.19. The van der Waals surface area contributed by atoms with Gasteiger partial charge in [-0.3, -0.25) is 4.79 Å². The van der Waals surface area contributed by atoms with Crippen molar-refractivity contribution >= 4 is 23.2 Å². The van der Waals surface area contributed by atoms with Gasteiger partial charge in [-0.25, -0.2) is 0 Å². The van der Waals surface area contributed by atoms with Gasteiger partial charge in [-0.05, 0) is 19.1 Å². The van der Waals surface area contributed by atoms with Crippen LogP contribution in [0.3, 0.4) is 0 Å². The molecule has 1 rings (SSSR count). The minimum Gasteiger partial charge on any atom is -0.383 e. The molecule has 0 aliphatic carbocycles. The molecule has 1 atom stereocenters. The predicted octanol–water partition coefficient (Wildman–Crippen LogP) is 1.20. The van der Waals surface area contributed by atoms with Crippen molar-refractivity contribution in [3.8, 4) is 0 Å². The van der Waals surface area contributed by atoms with E-state index in [1.165, 1.54) is 0 Å². The highest BCUT2D eigenvalue weighted by molar-refractivity contribution is 6.34. The van der Waals surface area contributed by atoms with E-state index in [0.29, 0.717) is 22.8 Å². The first kappa shape index (κ1) is 11.8. The molecule has 5 heteroatoms. The fourth-order valence-corrected chi connectivity index (χ4v) is 1.46. The maximum absolute atomic E-state index is 11.2. The van der Waals surface area contributed by atoms with E-state index < -0.39 is 5.91 Å². The van der Waals surface area contributed by atoms with Crippen LogP contribution in [0.4, 0.5) is 5.69 Å². The van der Waals surface area contributed by atoms with Gasteiger partial charge in [0.25, 0.3) is 5.91 Å². The van der Waals surface area contributed by atoms with Crippen molar-refractivity contribution in [1.29, 1.82) is 0 Å². The van der Waals surface area contributed by atoms with Crippen molar-refractivity contribution in [3.05, 3.63) is 28.8 Å². The number of rotatable bonds is 4. The highest BCUT2D eigenvalue weighted by Gasteiger charge is 2.12. The lowest BCUT2D eigenvalue weighted by Crippen LogP contribution is -2.26. The van der Waals surface area contributed by atoms with Gasteiger partial charge in [-0.1, -0.05) is 17.7 Å². The summed E-state index contributed by atoms with van der Waals surface area (Å²) in [5, 5.41) is 3.37. The average Bonchev–Trinajstić information content (AvgIpc) is 2.13. The standard InChI is InChI=1S/C10H14ClN3O/c1-6(12)5-14-8-4-2-3-7(11)9(8)10(13)15/h2-4,6,14H,5,12H2,1H3,(H2,13,15). The first-order chi connectivity index (χ1) is 7.02. The van der Waals surface area contributed by atoms with Crippen LogP contribution in [0.1, 0.15) is 17.3 Å². The molecular formula is C10H14ClN3O. The molecule has 0 saturated carbocycles. The minimum atomic E-state index is -0.548. The normalized spacial score (nSPS) is 12.2. The molecule has 0 fully saturated rings. The van der Waals surface area contributed by atoms with Gasteiger partial charge >= 0.3 is 0 Å². The van der Waals surface area contributed by atoms with Gasteiger partial charge in [-0.15, -0.1) is 0 Å². The first-order valence-electron chi connectivity index (χ1n) is 4.60. The van der Waals surface area contributed by atoms with Crippen molar-refractivity contribution in [3.63, 3.8) is 0 Å². The Morgan fingerprint density at radius 2 is 2.27 bits per heavy atom. The molecule has 0 spiro atoms. The number of primary amides is 1. The summed E-state index contributed by atoms with van der Waals surface area (Å²) in [7, 11) is 0. The van der Waals surface area contributed by atoms with E-state index in [0.717, 1.165) is 0 Å². The van der Waals surface area contributed by atoms with E-state index in [2.05, 4.69) is 5.32 Å². The molecule has 0 aliphatic rings. The molecule has 0 aliphatic heterocycles. The summed E-state index contributed by atoms with van der Waals surface area (Å²) in [5.74, 6) is -0.548. The molecular weight excluding hydrogens is 214 g/mol. The lowest BCUT2D eigenvalue weighted by molar-refractivity contribution is 0.100. The van der Waals surface area contributed by atoms with Crippen molar-refractivity contribution in [2.24, 2.45) is 11.5 Å². The third kappa shape index (κ3) is 3.11. The van der Waals surface area contributed by atoms with E-state index in [9.17, 15) is 4.79 Å². The fraction of sp³-hybridized carbons (Fsp3) is 0.300. The topological polar surface area (TPSA) is 81.1 Å². The van der Waals surface area contributed by atoms with Crippen LogP contribution in [-0.4, -0.2) is 18.5 Å². The smallest absolute Gasteiger partial charge is 0.252 e. The predicted molar refractivity (Wildman–Crippen MR) is 62.1 cm³/mol. The number of hydrogen-bond donors (Lipinski definition) is 3. The second-order valence-corrected chi connectivity index (χ2v) is 3.79. The largest absolute Gasteiger partial charge is 0.383 e. The Labute approximate surface area is 93.6 Å². The number of nitrogens with two attached hydrogens (primary N) is 2. The zero-order valence-corrected chi connectivity index (χ0v) is 9.21. The summed E-state index contributed by atoms with van der Waals surface area (Å²) >= 11 is 5.87. The number of carbonyl (C=O) groups is 1. The van der Waals surface area contributed by atoms with Crippen molar-refractivity contribution in [2.45, 2.75) is 13.0 Å². The summed E-state index contributed by atoms with van der Waals surface area (Å²) in [6.45, 7) is 2.42. The zero-order chi connectivity index (χ0) is 11.4. The average molecular weight is 228 g/mol. The molecule has 5 N–H and O–H groups in total. The Kier molecular flexibility index (Phi) is 3.94. The molecule has 82 valence electrons. The number of amides is 1. The molecule has 1 aromatic rings. The number of hydrogen-bond acceptors (Lipinski definition) is 3. The van der Waals surface area contributed by atoms with Gasteiger partial charge < -0.3 is 16.8 Å². The van der Waals surface area contributed by atoms with E-state index in [1.54, 1.807) is 18.2 Å². The third-order valence-electron chi connectivity index (χ3n) is 1.87. The molecule has 1 unspecified atom stereocenters. The first-order valence-corrected chi connectivity index (χ1v) is 4.98. The maximum atomic E-state index is 11.2. The number of nitrogens with one attached hydrogen (secondary N) is 1. The molecule has 0 heterocycles. The quantitative estimate of drug-likeness (QED) is 0.723. The SMILES string of the molecule is CC(N)CNc1cccc(Cl)c1C(N)=O. The number of benzene rings is 1. The maximum Gasteiger partial charge on any atom is 0.252 e. The Hall–Kier alpha value is -1.26. The van der Waals surface area contributed by atoms with Gasteiger partial charge in [-0.2, -0.15) is 0 Å². The highest BCUT2D eigenvalue weighted by atomic mass is 35.5. The Balaban J connectivity index is 2.96. The van der Waals surface area contributed by atoms with E-state index >= 15 is 0 Å². The molecule has 0 aromatic heterocycles. The second kappa shape index (κ2) is 5.00. The molecule has 0 radical (unpaired) electrons. The van der Waals surface area contributed by atoms with Crippen molar-refractivity contribution in [2.75, 3.05) is 11.9 Å². The number of carbonyl (C=O) groups excluding carboxylic acids is 1. The monoisotopic (exact) mass is 227 g/mol. The summed E-state index contributed by atoms with van der Waals surface area (Å²) in [6.07, 6.45) is 0. The summed E-state index contributed by atoms with van der Waals surface area (Å²) in [5.41, 5.74) is 11.7. The molecule has 1 aromatic carbocycles. The fourth-order valence-electron chi connectivity index (χ4n) is 1.19.